The zero-order valence-electron chi connectivity index (χ0n) is 11.1. The number of carbonyl (C=O) groups is 1. The summed E-state index contributed by atoms with van der Waals surface area (Å²) in [5.41, 5.74) is 0. The number of amides is 1. The highest BCUT2D eigenvalue weighted by molar-refractivity contribution is 5.76. The monoisotopic (exact) mass is 252 g/mol. The lowest BCUT2D eigenvalue weighted by Crippen LogP contribution is -2.55. The molecule has 0 bridgehead atoms. The smallest absolute Gasteiger partial charge is 0.227 e. The maximum Gasteiger partial charge on any atom is 0.227 e. The van der Waals surface area contributed by atoms with E-state index < -0.39 is 0 Å². The van der Waals surface area contributed by atoms with E-state index in [0.29, 0.717) is 36.6 Å². The van der Waals surface area contributed by atoms with Crippen molar-refractivity contribution in [1.29, 1.82) is 0 Å². The molecular weight excluding hydrogens is 232 g/mol. The lowest BCUT2D eigenvalue weighted by atomic mass is 10.1. The van der Waals surface area contributed by atoms with Gasteiger partial charge in [-0.1, -0.05) is 5.16 Å². The van der Waals surface area contributed by atoms with Gasteiger partial charge in [0.25, 0.3) is 0 Å². The fourth-order valence-corrected chi connectivity index (χ4v) is 2.34. The van der Waals surface area contributed by atoms with Crippen LogP contribution in [0.25, 0.3) is 0 Å². The minimum absolute atomic E-state index is 0.158. The van der Waals surface area contributed by atoms with Crippen molar-refractivity contribution < 1.29 is 9.32 Å². The number of aryl methyl sites for hydroxylation is 2. The van der Waals surface area contributed by atoms with Crippen LogP contribution in [0.15, 0.2) is 4.52 Å². The van der Waals surface area contributed by atoms with Crippen LogP contribution in [0, 0.1) is 6.92 Å². The third-order valence-corrected chi connectivity index (χ3v) is 3.03. The first-order valence-electron chi connectivity index (χ1n) is 6.37. The first kappa shape index (κ1) is 13.0. The van der Waals surface area contributed by atoms with E-state index >= 15 is 0 Å². The molecule has 0 spiro atoms. The van der Waals surface area contributed by atoms with Gasteiger partial charge in [0.2, 0.25) is 11.8 Å². The van der Waals surface area contributed by atoms with E-state index in [2.05, 4.69) is 29.3 Å². The van der Waals surface area contributed by atoms with Gasteiger partial charge in [0.15, 0.2) is 5.82 Å². The van der Waals surface area contributed by atoms with Gasteiger partial charge in [0.1, 0.15) is 0 Å². The Morgan fingerprint density at radius 1 is 1.44 bits per heavy atom. The normalized spacial score (nSPS) is 24.3. The highest BCUT2D eigenvalue weighted by atomic mass is 16.5. The number of carbonyl (C=O) groups excluding carboxylic acids is 1. The number of nitrogens with zero attached hydrogens (tertiary/aromatic N) is 3. The molecule has 0 aliphatic carbocycles. The molecule has 1 N–H and O–H groups in total. The average molecular weight is 252 g/mol. The molecule has 6 nitrogen and oxygen atoms in total. The maximum atomic E-state index is 12.1. The van der Waals surface area contributed by atoms with Crippen LogP contribution in [0.4, 0.5) is 0 Å². The molecule has 1 aromatic rings. The number of piperazine rings is 1. The second-order valence-electron chi connectivity index (χ2n) is 5.00. The quantitative estimate of drug-likeness (QED) is 0.849. The van der Waals surface area contributed by atoms with Crippen molar-refractivity contribution in [3.8, 4) is 0 Å². The van der Waals surface area contributed by atoms with Crippen LogP contribution in [0.5, 0.6) is 0 Å². The Labute approximate surface area is 107 Å². The van der Waals surface area contributed by atoms with Crippen LogP contribution >= 0.6 is 0 Å². The first-order valence-corrected chi connectivity index (χ1v) is 6.37. The molecule has 1 aliphatic heterocycles. The Kier molecular flexibility index (Phi) is 3.96. The summed E-state index contributed by atoms with van der Waals surface area (Å²) < 4.78 is 5.00. The fraction of sp³-hybridized carbons (Fsp3) is 0.750. The fourth-order valence-electron chi connectivity index (χ4n) is 2.34. The molecule has 0 radical (unpaired) electrons. The summed E-state index contributed by atoms with van der Waals surface area (Å²) in [6.07, 6.45) is 0.952. The van der Waals surface area contributed by atoms with Crippen molar-refractivity contribution in [3.63, 3.8) is 0 Å². The maximum absolute atomic E-state index is 12.1. The van der Waals surface area contributed by atoms with Crippen LogP contribution in [-0.2, 0) is 11.2 Å². The van der Waals surface area contributed by atoms with Crippen molar-refractivity contribution in [2.45, 2.75) is 45.7 Å². The highest BCUT2D eigenvalue weighted by Gasteiger charge is 2.24. The first-order chi connectivity index (χ1) is 8.54. The van der Waals surface area contributed by atoms with Crippen molar-refractivity contribution in [2.75, 3.05) is 13.1 Å². The summed E-state index contributed by atoms with van der Waals surface area (Å²) in [6.45, 7) is 7.50. The van der Waals surface area contributed by atoms with E-state index in [1.807, 2.05) is 4.90 Å². The summed E-state index contributed by atoms with van der Waals surface area (Å²) in [4.78, 5) is 18.1. The minimum atomic E-state index is 0.158. The Morgan fingerprint density at radius 2 is 2.11 bits per heavy atom. The summed E-state index contributed by atoms with van der Waals surface area (Å²) in [5, 5.41) is 7.12. The number of hydrogen-bond donors (Lipinski definition) is 1. The number of nitrogens with one attached hydrogen (secondary N) is 1. The molecule has 2 heterocycles. The van der Waals surface area contributed by atoms with Crippen LogP contribution in [-0.4, -0.2) is 46.1 Å². The van der Waals surface area contributed by atoms with Crippen LogP contribution < -0.4 is 5.32 Å². The summed E-state index contributed by atoms with van der Waals surface area (Å²) in [5.74, 6) is 1.31. The van der Waals surface area contributed by atoms with E-state index in [4.69, 9.17) is 4.52 Å². The molecule has 6 heteroatoms. The minimum Gasteiger partial charge on any atom is -0.340 e. The second-order valence-corrected chi connectivity index (χ2v) is 5.00. The van der Waals surface area contributed by atoms with Crippen molar-refractivity contribution in [1.82, 2.24) is 20.4 Å². The summed E-state index contributed by atoms with van der Waals surface area (Å²) in [7, 11) is 0. The van der Waals surface area contributed by atoms with Crippen LogP contribution in [0.2, 0.25) is 0 Å². The Hall–Kier alpha value is -1.43. The molecular formula is C12H20N4O2. The third-order valence-electron chi connectivity index (χ3n) is 3.03. The predicted molar refractivity (Wildman–Crippen MR) is 66.0 cm³/mol. The second kappa shape index (κ2) is 5.48. The van der Waals surface area contributed by atoms with Crippen LogP contribution in [0.3, 0.4) is 0 Å². The Balaban J connectivity index is 1.84. The van der Waals surface area contributed by atoms with E-state index in [0.717, 1.165) is 13.1 Å². The number of hydrogen-bond acceptors (Lipinski definition) is 5. The van der Waals surface area contributed by atoms with Crippen molar-refractivity contribution in [3.05, 3.63) is 11.7 Å². The van der Waals surface area contributed by atoms with Gasteiger partial charge in [-0.25, -0.2) is 0 Å². The molecule has 0 unspecified atom stereocenters. The molecule has 1 saturated heterocycles. The van der Waals surface area contributed by atoms with Gasteiger partial charge in [-0.15, -0.1) is 0 Å². The zero-order chi connectivity index (χ0) is 13.1. The summed E-state index contributed by atoms with van der Waals surface area (Å²) in [6, 6.07) is 0.701. The van der Waals surface area contributed by atoms with E-state index in [9.17, 15) is 4.79 Å². The molecule has 1 aliphatic rings. The van der Waals surface area contributed by atoms with Gasteiger partial charge in [-0.3, -0.25) is 4.79 Å². The van der Waals surface area contributed by atoms with Gasteiger partial charge in [-0.05, 0) is 20.8 Å². The van der Waals surface area contributed by atoms with Crippen molar-refractivity contribution in [2.24, 2.45) is 0 Å². The predicted octanol–water partition coefficient (Wildman–Crippen LogP) is 0.519. The van der Waals surface area contributed by atoms with E-state index in [1.54, 1.807) is 6.92 Å². The lowest BCUT2D eigenvalue weighted by molar-refractivity contribution is -0.133. The Morgan fingerprint density at radius 3 is 2.67 bits per heavy atom. The van der Waals surface area contributed by atoms with Gasteiger partial charge >= 0.3 is 0 Å². The largest absolute Gasteiger partial charge is 0.340 e. The van der Waals surface area contributed by atoms with E-state index in [1.165, 1.54) is 0 Å². The molecule has 2 rings (SSSR count). The zero-order valence-corrected chi connectivity index (χ0v) is 11.1. The SMILES string of the molecule is Cc1noc(CCC(=O)N2C[C@@H](C)N[C@@H](C)C2)n1. The molecule has 0 aromatic carbocycles. The highest BCUT2D eigenvalue weighted by Crippen LogP contribution is 2.08. The van der Waals surface area contributed by atoms with E-state index in [-0.39, 0.29) is 5.91 Å². The topological polar surface area (TPSA) is 71.3 Å². The molecule has 1 aromatic heterocycles. The van der Waals surface area contributed by atoms with Gasteiger partial charge in [0.05, 0.1) is 0 Å². The molecule has 1 fully saturated rings. The lowest BCUT2D eigenvalue weighted by Gasteiger charge is -2.36. The van der Waals surface area contributed by atoms with Gasteiger partial charge in [0, 0.05) is 38.0 Å². The number of rotatable bonds is 3. The molecule has 1 amide bonds. The molecule has 18 heavy (non-hydrogen) atoms. The van der Waals surface area contributed by atoms with Gasteiger partial charge < -0.3 is 14.7 Å². The standard InChI is InChI=1S/C12H20N4O2/c1-8-6-16(7-9(2)13-8)12(17)5-4-11-14-10(3)15-18-11/h8-9,13H,4-7H2,1-3H3/t8-,9+. The molecule has 100 valence electrons. The van der Waals surface area contributed by atoms with Crippen molar-refractivity contribution >= 4 is 5.91 Å². The number of aromatic nitrogens is 2. The molecule has 0 saturated carbocycles. The average Bonchev–Trinajstić information content (AvgIpc) is 2.70. The molecule has 2 atom stereocenters. The third kappa shape index (κ3) is 3.29. The van der Waals surface area contributed by atoms with Gasteiger partial charge in [-0.2, -0.15) is 4.98 Å². The van der Waals surface area contributed by atoms with Crippen LogP contribution in [0.1, 0.15) is 32.0 Å². The Bertz CT molecular complexity index is 408. The summed E-state index contributed by atoms with van der Waals surface area (Å²) >= 11 is 0.